The Morgan fingerprint density at radius 3 is 3.00 bits per heavy atom. The first-order chi connectivity index (χ1) is 8.29. The molecule has 0 saturated heterocycles. The maximum atomic E-state index is 9.96. The number of rotatable bonds is 9. The van der Waals surface area contributed by atoms with Crippen molar-refractivity contribution in [3.05, 3.63) is 18.0 Å². The maximum absolute atomic E-state index is 9.96. The predicted molar refractivity (Wildman–Crippen MR) is 64.8 cm³/mol. The number of ether oxygens (including phenoxy) is 2. The van der Waals surface area contributed by atoms with Crippen molar-refractivity contribution in [3.8, 4) is 0 Å². The first-order valence-electron chi connectivity index (χ1n) is 6.06. The second-order valence-electron chi connectivity index (χ2n) is 3.92. The van der Waals surface area contributed by atoms with E-state index in [1.54, 1.807) is 18.0 Å². The Morgan fingerprint density at radius 1 is 1.47 bits per heavy atom. The summed E-state index contributed by atoms with van der Waals surface area (Å²) in [5.74, 6) is 0. The molecule has 0 aliphatic heterocycles. The summed E-state index contributed by atoms with van der Waals surface area (Å²) >= 11 is 0. The summed E-state index contributed by atoms with van der Waals surface area (Å²) in [6, 6.07) is 1.83. The molecule has 17 heavy (non-hydrogen) atoms. The number of nitrogens with zero attached hydrogens (tertiary/aromatic N) is 2. The maximum Gasteiger partial charge on any atom is 0.119 e. The van der Waals surface area contributed by atoms with E-state index in [-0.39, 0.29) is 0 Å². The van der Waals surface area contributed by atoms with Crippen molar-refractivity contribution in [3.63, 3.8) is 0 Å². The van der Waals surface area contributed by atoms with Crippen LogP contribution in [0.4, 0.5) is 0 Å². The summed E-state index contributed by atoms with van der Waals surface area (Å²) in [7, 11) is 1.68. The average Bonchev–Trinajstić information content (AvgIpc) is 2.78. The Bertz CT molecular complexity index is 302. The standard InChI is InChI=1S/C12H22N2O3/c1-3-8-17-10-12(15)11-5-6-13-14(11)7-4-9-16-2/h5-6,12,15H,3-4,7-10H2,1-2H3. The molecule has 1 aromatic rings. The highest BCUT2D eigenvalue weighted by atomic mass is 16.5. The minimum absolute atomic E-state index is 0.323. The zero-order valence-corrected chi connectivity index (χ0v) is 10.6. The molecule has 5 nitrogen and oxygen atoms in total. The quantitative estimate of drug-likeness (QED) is 0.665. The molecule has 0 aliphatic rings. The molecule has 1 heterocycles. The van der Waals surface area contributed by atoms with E-state index >= 15 is 0 Å². The van der Waals surface area contributed by atoms with E-state index < -0.39 is 6.10 Å². The molecule has 1 atom stereocenters. The van der Waals surface area contributed by atoms with Crippen LogP contribution < -0.4 is 0 Å². The van der Waals surface area contributed by atoms with Gasteiger partial charge in [-0.3, -0.25) is 4.68 Å². The number of hydrogen-bond acceptors (Lipinski definition) is 4. The molecule has 0 aliphatic carbocycles. The van der Waals surface area contributed by atoms with E-state index in [0.29, 0.717) is 19.8 Å². The van der Waals surface area contributed by atoms with Crippen LogP contribution in [0.25, 0.3) is 0 Å². The summed E-state index contributed by atoms with van der Waals surface area (Å²) in [6.45, 7) is 4.49. The van der Waals surface area contributed by atoms with Gasteiger partial charge in [0.2, 0.25) is 0 Å². The van der Waals surface area contributed by atoms with Crippen LogP contribution in [0, 0.1) is 0 Å². The highest BCUT2D eigenvalue weighted by molar-refractivity contribution is 5.04. The molecule has 1 unspecified atom stereocenters. The monoisotopic (exact) mass is 242 g/mol. The lowest BCUT2D eigenvalue weighted by atomic mass is 10.2. The fourth-order valence-corrected chi connectivity index (χ4v) is 1.60. The largest absolute Gasteiger partial charge is 0.385 e. The van der Waals surface area contributed by atoms with Gasteiger partial charge in [-0.15, -0.1) is 0 Å². The Labute approximate surface area is 102 Å². The topological polar surface area (TPSA) is 56.5 Å². The van der Waals surface area contributed by atoms with E-state index in [9.17, 15) is 5.11 Å². The van der Waals surface area contributed by atoms with Gasteiger partial charge in [0.15, 0.2) is 0 Å². The number of hydrogen-bond donors (Lipinski definition) is 1. The molecule has 98 valence electrons. The Kier molecular flexibility index (Phi) is 6.84. The van der Waals surface area contributed by atoms with Gasteiger partial charge in [0, 0.05) is 33.1 Å². The lowest BCUT2D eigenvalue weighted by Crippen LogP contribution is -2.15. The second kappa shape index (κ2) is 8.22. The van der Waals surface area contributed by atoms with Gasteiger partial charge in [0.25, 0.3) is 0 Å². The predicted octanol–water partition coefficient (Wildman–Crippen LogP) is 1.38. The average molecular weight is 242 g/mol. The fourth-order valence-electron chi connectivity index (χ4n) is 1.60. The Balaban J connectivity index is 2.43. The highest BCUT2D eigenvalue weighted by Crippen LogP contribution is 2.13. The SMILES string of the molecule is CCCOCC(O)c1ccnn1CCCOC. The molecule has 0 radical (unpaired) electrons. The summed E-state index contributed by atoms with van der Waals surface area (Å²) in [5, 5.41) is 14.1. The molecule has 0 amide bonds. The molecule has 0 saturated carbocycles. The second-order valence-corrected chi connectivity index (χ2v) is 3.92. The third kappa shape index (κ3) is 4.85. The molecule has 1 N–H and O–H groups in total. The molecule has 1 aromatic heterocycles. The Morgan fingerprint density at radius 2 is 2.29 bits per heavy atom. The number of aliphatic hydroxyl groups is 1. The van der Waals surface area contributed by atoms with E-state index in [1.807, 2.05) is 13.0 Å². The third-order valence-corrected chi connectivity index (χ3v) is 2.43. The molecular formula is C12H22N2O3. The van der Waals surface area contributed by atoms with Crippen molar-refractivity contribution >= 4 is 0 Å². The van der Waals surface area contributed by atoms with Crippen LogP contribution in [0.3, 0.4) is 0 Å². The normalized spacial score (nSPS) is 12.9. The van der Waals surface area contributed by atoms with Crippen molar-refractivity contribution < 1.29 is 14.6 Å². The number of aromatic nitrogens is 2. The van der Waals surface area contributed by atoms with E-state index in [1.165, 1.54) is 0 Å². The van der Waals surface area contributed by atoms with Crippen LogP contribution in [0.15, 0.2) is 12.3 Å². The van der Waals surface area contributed by atoms with Gasteiger partial charge in [-0.25, -0.2) is 0 Å². The summed E-state index contributed by atoms with van der Waals surface area (Å²) < 4.78 is 12.1. The fraction of sp³-hybridized carbons (Fsp3) is 0.750. The van der Waals surface area contributed by atoms with Crippen molar-refractivity contribution in [1.82, 2.24) is 9.78 Å². The van der Waals surface area contributed by atoms with Crippen LogP contribution in [-0.2, 0) is 16.0 Å². The van der Waals surface area contributed by atoms with Crippen LogP contribution in [-0.4, -0.2) is 41.8 Å². The van der Waals surface area contributed by atoms with E-state index in [2.05, 4.69) is 5.10 Å². The van der Waals surface area contributed by atoms with Gasteiger partial charge >= 0.3 is 0 Å². The molecule has 1 rings (SSSR count). The minimum atomic E-state index is -0.605. The molecular weight excluding hydrogens is 220 g/mol. The van der Waals surface area contributed by atoms with Gasteiger partial charge in [0.05, 0.1) is 12.3 Å². The lowest BCUT2D eigenvalue weighted by molar-refractivity contribution is 0.0315. The molecule has 5 heteroatoms. The number of aryl methyl sites for hydroxylation is 1. The minimum Gasteiger partial charge on any atom is -0.385 e. The first-order valence-corrected chi connectivity index (χ1v) is 6.06. The van der Waals surface area contributed by atoms with Crippen LogP contribution in [0.2, 0.25) is 0 Å². The molecule has 0 fully saturated rings. The van der Waals surface area contributed by atoms with Gasteiger partial charge in [-0.1, -0.05) is 6.92 Å². The van der Waals surface area contributed by atoms with Crippen LogP contribution >= 0.6 is 0 Å². The van der Waals surface area contributed by atoms with E-state index in [0.717, 1.165) is 25.1 Å². The molecule has 0 aromatic carbocycles. The van der Waals surface area contributed by atoms with Crippen molar-refractivity contribution in [2.24, 2.45) is 0 Å². The Hall–Kier alpha value is -0.910. The van der Waals surface area contributed by atoms with E-state index in [4.69, 9.17) is 9.47 Å². The third-order valence-electron chi connectivity index (χ3n) is 2.43. The number of methoxy groups -OCH3 is 1. The lowest BCUT2D eigenvalue weighted by Gasteiger charge is -2.13. The smallest absolute Gasteiger partial charge is 0.119 e. The zero-order chi connectivity index (χ0) is 12.5. The van der Waals surface area contributed by atoms with Crippen LogP contribution in [0.1, 0.15) is 31.6 Å². The van der Waals surface area contributed by atoms with Gasteiger partial charge in [0.1, 0.15) is 6.10 Å². The molecule has 0 spiro atoms. The number of aliphatic hydroxyl groups excluding tert-OH is 1. The summed E-state index contributed by atoms with van der Waals surface area (Å²) in [4.78, 5) is 0. The van der Waals surface area contributed by atoms with Crippen molar-refractivity contribution in [2.45, 2.75) is 32.4 Å². The summed E-state index contributed by atoms with van der Waals surface area (Å²) in [5.41, 5.74) is 0.803. The van der Waals surface area contributed by atoms with Crippen molar-refractivity contribution in [2.75, 3.05) is 26.9 Å². The summed E-state index contributed by atoms with van der Waals surface area (Å²) in [6.07, 6.45) is 2.94. The first kappa shape index (κ1) is 14.2. The van der Waals surface area contributed by atoms with Gasteiger partial charge < -0.3 is 14.6 Å². The van der Waals surface area contributed by atoms with Gasteiger partial charge in [-0.05, 0) is 18.9 Å². The van der Waals surface area contributed by atoms with Gasteiger partial charge in [-0.2, -0.15) is 5.10 Å². The van der Waals surface area contributed by atoms with Crippen LogP contribution in [0.5, 0.6) is 0 Å². The zero-order valence-electron chi connectivity index (χ0n) is 10.6. The molecule has 0 bridgehead atoms. The highest BCUT2D eigenvalue weighted by Gasteiger charge is 2.12. The van der Waals surface area contributed by atoms with Crippen molar-refractivity contribution in [1.29, 1.82) is 0 Å².